The molecule has 29 heavy (non-hydrogen) atoms. The quantitative estimate of drug-likeness (QED) is 0.668. The molecule has 1 aromatic carbocycles. The van der Waals surface area contributed by atoms with Crippen molar-refractivity contribution in [2.45, 2.75) is 30.7 Å². The summed E-state index contributed by atoms with van der Waals surface area (Å²) in [7, 11) is -1.32. The van der Waals surface area contributed by atoms with Crippen LogP contribution in [0.4, 0.5) is 6.01 Å². The summed E-state index contributed by atoms with van der Waals surface area (Å²) in [5.74, 6) is -0.135. The minimum atomic E-state index is -3.42. The standard InChI is InChI=1S/C20H24N4O4S/c1-12-9-14(29(3,26)27)10-16(25)18(12)15-6-7-17-19(22-15)23-20(28-17)21-13-5-4-8-24(2)11-13/h6-7,9-10,13,25H,4-5,8,11H2,1-3H3,(H,21,22,23)/t13-/m1/s1. The van der Waals surface area contributed by atoms with Gasteiger partial charge in [0.15, 0.2) is 15.4 Å². The number of benzene rings is 1. The fraction of sp³-hybridized carbons (Fsp3) is 0.400. The fourth-order valence-corrected chi connectivity index (χ4v) is 4.48. The number of anilines is 1. The Hall–Kier alpha value is -2.65. The van der Waals surface area contributed by atoms with Crippen molar-refractivity contribution in [1.82, 2.24) is 14.9 Å². The van der Waals surface area contributed by atoms with Crippen LogP contribution >= 0.6 is 0 Å². The predicted octanol–water partition coefficient (Wildman–Crippen LogP) is 2.81. The molecule has 1 aliphatic rings. The van der Waals surface area contributed by atoms with Crippen molar-refractivity contribution >= 4 is 27.1 Å². The van der Waals surface area contributed by atoms with E-state index in [-0.39, 0.29) is 16.7 Å². The summed E-state index contributed by atoms with van der Waals surface area (Å²) in [6.45, 7) is 3.76. The molecule has 9 heteroatoms. The van der Waals surface area contributed by atoms with Gasteiger partial charge in [-0.3, -0.25) is 0 Å². The van der Waals surface area contributed by atoms with E-state index in [9.17, 15) is 13.5 Å². The average molecular weight is 417 g/mol. The molecule has 4 rings (SSSR count). The molecule has 0 aliphatic carbocycles. The van der Waals surface area contributed by atoms with Crippen molar-refractivity contribution in [1.29, 1.82) is 0 Å². The molecule has 3 aromatic rings. The lowest BCUT2D eigenvalue weighted by atomic mass is 10.0. The van der Waals surface area contributed by atoms with Gasteiger partial charge in [0.1, 0.15) is 5.75 Å². The first-order chi connectivity index (χ1) is 13.7. The molecular weight excluding hydrogens is 392 g/mol. The Morgan fingerprint density at radius 3 is 2.76 bits per heavy atom. The first-order valence-electron chi connectivity index (χ1n) is 9.47. The van der Waals surface area contributed by atoms with Gasteiger partial charge in [0.25, 0.3) is 6.01 Å². The topological polar surface area (TPSA) is 109 Å². The zero-order valence-corrected chi connectivity index (χ0v) is 17.5. The summed E-state index contributed by atoms with van der Waals surface area (Å²) in [4.78, 5) is 11.3. The van der Waals surface area contributed by atoms with Crippen LogP contribution in [-0.2, 0) is 9.84 Å². The molecule has 1 atom stereocenters. The number of phenolic OH excluding ortho intramolecular Hbond substituents is 1. The lowest BCUT2D eigenvalue weighted by Crippen LogP contribution is -2.39. The number of fused-ring (bicyclic) bond motifs is 1. The number of likely N-dealkylation sites (tertiary alicyclic amines) is 1. The van der Waals surface area contributed by atoms with E-state index in [1.165, 1.54) is 12.1 Å². The molecule has 1 aliphatic heterocycles. The Morgan fingerprint density at radius 1 is 1.28 bits per heavy atom. The van der Waals surface area contributed by atoms with Gasteiger partial charge in [0.05, 0.1) is 10.6 Å². The summed E-state index contributed by atoms with van der Waals surface area (Å²) in [5, 5.41) is 13.8. The van der Waals surface area contributed by atoms with Gasteiger partial charge in [-0.05, 0) is 63.2 Å². The van der Waals surface area contributed by atoms with E-state index in [1.54, 1.807) is 19.1 Å². The number of aromatic hydroxyl groups is 1. The number of likely N-dealkylation sites (N-methyl/N-ethyl adjacent to an activating group) is 1. The monoisotopic (exact) mass is 416 g/mol. The highest BCUT2D eigenvalue weighted by Gasteiger charge is 2.20. The number of rotatable bonds is 4. The molecule has 0 unspecified atom stereocenters. The van der Waals surface area contributed by atoms with E-state index >= 15 is 0 Å². The molecule has 2 N–H and O–H groups in total. The van der Waals surface area contributed by atoms with Gasteiger partial charge in [0, 0.05) is 24.4 Å². The zero-order valence-electron chi connectivity index (χ0n) is 16.6. The minimum Gasteiger partial charge on any atom is -0.507 e. The van der Waals surface area contributed by atoms with E-state index in [0.29, 0.717) is 34.1 Å². The summed E-state index contributed by atoms with van der Waals surface area (Å²) in [6, 6.07) is 6.97. The first-order valence-corrected chi connectivity index (χ1v) is 11.4. The molecule has 2 aromatic heterocycles. The molecule has 8 nitrogen and oxygen atoms in total. The molecule has 154 valence electrons. The third kappa shape index (κ3) is 4.06. The number of aryl methyl sites for hydroxylation is 1. The maximum atomic E-state index is 11.8. The average Bonchev–Trinajstić information content (AvgIpc) is 3.02. The van der Waals surface area contributed by atoms with Gasteiger partial charge < -0.3 is 19.7 Å². The molecule has 0 spiro atoms. The number of hydrogen-bond donors (Lipinski definition) is 2. The van der Waals surface area contributed by atoms with Crippen molar-refractivity contribution in [3.8, 4) is 17.0 Å². The van der Waals surface area contributed by atoms with Crippen LogP contribution in [-0.4, -0.2) is 60.8 Å². The second kappa shape index (κ2) is 7.31. The van der Waals surface area contributed by atoms with E-state index in [0.717, 1.165) is 32.2 Å². The number of nitrogens with zero attached hydrogens (tertiary/aromatic N) is 3. The van der Waals surface area contributed by atoms with Crippen LogP contribution in [0.3, 0.4) is 0 Å². The van der Waals surface area contributed by atoms with E-state index in [4.69, 9.17) is 4.42 Å². The molecule has 0 amide bonds. The minimum absolute atomic E-state index is 0.0719. The summed E-state index contributed by atoms with van der Waals surface area (Å²) >= 11 is 0. The maximum absolute atomic E-state index is 11.8. The van der Waals surface area contributed by atoms with Crippen LogP contribution in [0.25, 0.3) is 22.5 Å². The summed E-state index contributed by atoms with van der Waals surface area (Å²) in [5.41, 5.74) is 2.57. The van der Waals surface area contributed by atoms with Crippen LogP contribution in [0.1, 0.15) is 18.4 Å². The molecule has 0 radical (unpaired) electrons. The fourth-order valence-electron chi connectivity index (χ4n) is 3.76. The lowest BCUT2D eigenvalue weighted by Gasteiger charge is -2.29. The molecule has 3 heterocycles. The maximum Gasteiger partial charge on any atom is 0.297 e. The molecule has 1 saturated heterocycles. The third-order valence-electron chi connectivity index (χ3n) is 5.18. The van der Waals surface area contributed by atoms with Crippen LogP contribution in [0, 0.1) is 6.92 Å². The van der Waals surface area contributed by atoms with Gasteiger partial charge in [-0.2, -0.15) is 4.98 Å². The summed E-state index contributed by atoms with van der Waals surface area (Å²) in [6.07, 6.45) is 3.29. The molecule has 0 saturated carbocycles. The smallest absolute Gasteiger partial charge is 0.297 e. The third-order valence-corrected chi connectivity index (χ3v) is 6.27. The van der Waals surface area contributed by atoms with Crippen molar-refractivity contribution in [2.24, 2.45) is 0 Å². The Morgan fingerprint density at radius 2 is 2.07 bits per heavy atom. The number of nitrogens with one attached hydrogen (secondary N) is 1. The van der Waals surface area contributed by atoms with Crippen LogP contribution in [0.2, 0.25) is 0 Å². The number of aromatic nitrogens is 2. The SMILES string of the molecule is Cc1cc(S(C)(=O)=O)cc(O)c1-c1ccc2oc(N[C@@H]3CCCN(C)C3)nc2n1. The largest absolute Gasteiger partial charge is 0.507 e. The van der Waals surface area contributed by atoms with Gasteiger partial charge >= 0.3 is 0 Å². The van der Waals surface area contributed by atoms with Gasteiger partial charge in [-0.1, -0.05) is 0 Å². The lowest BCUT2D eigenvalue weighted by molar-refractivity contribution is 0.259. The number of oxazole rings is 1. The molecule has 1 fully saturated rings. The van der Waals surface area contributed by atoms with Crippen LogP contribution < -0.4 is 5.32 Å². The number of phenols is 1. The van der Waals surface area contributed by atoms with Crippen molar-refractivity contribution in [2.75, 3.05) is 31.7 Å². The van der Waals surface area contributed by atoms with Crippen LogP contribution in [0.15, 0.2) is 33.6 Å². The first kappa shape index (κ1) is 19.7. The summed E-state index contributed by atoms with van der Waals surface area (Å²) < 4.78 is 29.4. The predicted molar refractivity (Wildman–Crippen MR) is 111 cm³/mol. The Labute approximate surface area is 169 Å². The second-order valence-electron chi connectivity index (χ2n) is 7.69. The molecular formula is C20H24N4O4S. The number of pyridine rings is 1. The van der Waals surface area contributed by atoms with E-state index in [2.05, 4.69) is 27.2 Å². The van der Waals surface area contributed by atoms with Gasteiger partial charge in [-0.15, -0.1) is 0 Å². The van der Waals surface area contributed by atoms with Crippen LogP contribution in [0.5, 0.6) is 5.75 Å². The normalized spacial score (nSPS) is 18.2. The van der Waals surface area contributed by atoms with Crippen molar-refractivity contribution in [3.63, 3.8) is 0 Å². The number of piperidine rings is 1. The van der Waals surface area contributed by atoms with Crippen molar-refractivity contribution in [3.05, 3.63) is 29.8 Å². The van der Waals surface area contributed by atoms with Gasteiger partial charge in [-0.25, -0.2) is 13.4 Å². The Bertz CT molecular complexity index is 1150. The number of hydrogen-bond acceptors (Lipinski definition) is 8. The van der Waals surface area contributed by atoms with Gasteiger partial charge in [0.2, 0.25) is 5.65 Å². The Kier molecular flexibility index (Phi) is 4.95. The number of sulfone groups is 1. The Balaban J connectivity index is 1.66. The zero-order chi connectivity index (χ0) is 20.8. The highest BCUT2D eigenvalue weighted by Crippen LogP contribution is 2.35. The van der Waals surface area contributed by atoms with E-state index < -0.39 is 9.84 Å². The molecule has 0 bridgehead atoms. The van der Waals surface area contributed by atoms with Crippen molar-refractivity contribution < 1.29 is 17.9 Å². The van der Waals surface area contributed by atoms with E-state index in [1.807, 2.05) is 0 Å². The highest BCUT2D eigenvalue weighted by molar-refractivity contribution is 7.90. The highest BCUT2D eigenvalue weighted by atomic mass is 32.2. The second-order valence-corrected chi connectivity index (χ2v) is 9.71.